The molecule has 0 spiro atoms. The number of aliphatic hydroxyl groups is 2. The first-order valence-electron chi connectivity index (χ1n) is 19.2. The Morgan fingerprint density at radius 1 is 0.926 bits per heavy atom. The van der Waals surface area contributed by atoms with Crippen molar-refractivity contribution in [3.63, 3.8) is 0 Å². The number of sulfonamides is 1. The van der Waals surface area contributed by atoms with Gasteiger partial charge in [0.05, 0.1) is 37.4 Å². The summed E-state index contributed by atoms with van der Waals surface area (Å²) >= 11 is 0. The number of benzene rings is 1. The summed E-state index contributed by atoms with van der Waals surface area (Å²) in [5.74, 6) is -1.65. The normalized spacial score (nSPS) is 16.4. The van der Waals surface area contributed by atoms with Crippen molar-refractivity contribution >= 4 is 33.7 Å². The molecule has 0 radical (unpaired) electrons. The smallest absolute Gasteiger partial charge is 0.305 e. The number of hydrogen-bond acceptors (Lipinski definition) is 10. The molecule has 16 heteroatoms. The number of aliphatic hydroxyl groups excluding tert-OH is 2. The van der Waals surface area contributed by atoms with Gasteiger partial charge in [-0.2, -0.15) is 0 Å². The first-order valence-corrected chi connectivity index (χ1v) is 20.9. The molecule has 1 aliphatic rings. The van der Waals surface area contributed by atoms with Crippen LogP contribution in [0, 0.1) is 5.92 Å². The molecule has 1 aromatic carbocycles. The van der Waals surface area contributed by atoms with Crippen LogP contribution in [0.5, 0.6) is 0 Å². The quantitative estimate of drug-likeness (QED) is 0.0574. The first kappa shape index (κ1) is 44.5. The summed E-state index contributed by atoms with van der Waals surface area (Å²) in [6.07, 6.45) is 8.63. The van der Waals surface area contributed by atoms with Crippen molar-refractivity contribution in [1.82, 2.24) is 30.6 Å². The maximum atomic E-state index is 14.1. The van der Waals surface area contributed by atoms with E-state index in [1.807, 2.05) is 30.3 Å². The number of nitrogens with one attached hydrogen (secondary N) is 5. The third kappa shape index (κ3) is 17.1. The fourth-order valence-corrected chi connectivity index (χ4v) is 7.85. The summed E-state index contributed by atoms with van der Waals surface area (Å²) in [4.78, 5) is 59.5. The van der Waals surface area contributed by atoms with E-state index >= 15 is 0 Å². The van der Waals surface area contributed by atoms with E-state index in [0.29, 0.717) is 37.8 Å². The lowest BCUT2D eigenvalue weighted by Gasteiger charge is -2.32. The van der Waals surface area contributed by atoms with Gasteiger partial charge in [-0.1, -0.05) is 75.8 Å². The van der Waals surface area contributed by atoms with Gasteiger partial charge < -0.3 is 35.9 Å². The molecule has 0 saturated heterocycles. The van der Waals surface area contributed by atoms with Gasteiger partial charge in [0.15, 0.2) is 0 Å². The van der Waals surface area contributed by atoms with Gasteiger partial charge in [-0.05, 0) is 37.2 Å². The standard InChI is InChI=1S/C38H60N6O9S/c1-3-19-54(51,52)41-25-30(45)23-34(46)31(20-27-13-7-4-8-14-27)43-38(50)33(22-29-24-39-26-40-29)44-37(49)32(21-28-15-9-5-10-16-28)42-35(47)17-11-6-12-18-36(48)53-2/h5,9-10,15-16,24,26-27,30-34,41,45-46H,3-4,6-8,11-14,17-23,25H2,1-2H3,(H,39,40)(H,42,47)(H,43,50)(H,44,49)/t30-,31-,32-,33-,34-/m0/s1. The zero-order valence-corrected chi connectivity index (χ0v) is 32.5. The second-order valence-electron chi connectivity index (χ2n) is 14.3. The molecule has 302 valence electrons. The molecular weight excluding hydrogens is 717 g/mol. The number of H-pyrrole nitrogens is 1. The number of aromatic amines is 1. The van der Waals surface area contributed by atoms with Gasteiger partial charge >= 0.3 is 5.97 Å². The van der Waals surface area contributed by atoms with Crippen molar-refractivity contribution in [3.8, 4) is 0 Å². The molecule has 5 atom stereocenters. The second kappa shape index (κ2) is 23.8. The Morgan fingerprint density at radius 2 is 1.61 bits per heavy atom. The Morgan fingerprint density at radius 3 is 2.28 bits per heavy atom. The van der Waals surface area contributed by atoms with E-state index in [-0.39, 0.29) is 62.2 Å². The highest BCUT2D eigenvalue weighted by Crippen LogP contribution is 2.28. The lowest BCUT2D eigenvalue weighted by atomic mass is 9.83. The van der Waals surface area contributed by atoms with Crippen molar-refractivity contribution in [2.24, 2.45) is 5.92 Å². The van der Waals surface area contributed by atoms with E-state index in [4.69, 9.17) is 0 Å². The first-order chi connectivity index (χ1) is 25.9. The van der Waals surface area contributed by atoms with E-state index in [1.165, 1.54) is 13.4 Å². The Bertz CT molecular complexity index is 1520. The minimum absolute atomic E-state index is 0.0395. The van der Waals surface area contributed by atoms with Crippen LogP contribution in [0.3, 0.4) is 0 Å². The number of ether oxygens (including phenoxy) is 1. The lowest BCUT2D eigenvalue weighted by molar-refractivity contribution is -0.140. The maximum absolute atomic E-state index is 14.1. The average Bonchev–Trinajstić information content (AvgIpc) is 3.67. The molecule has 3 amide bonds. The summed E-state index contributed by atoms with van der Waals surface area (Å²) in [7, 11) is -2.24. The minimum Gasteiger partial charge on any atom is -0.469 e. The van der Waals surface area contributed by atoms with Gasteiger partial charge in [-0.15, -0.1) is 0 Å². The van der Waals surface area contributed by atoms with Gasteiger partial charge in [0.1, 0.15) is 12.1 Å². The number of carbonyl (C=O) groups excluding carboxylic acids is 4. The molecular formula is C38H60N6O9S. The third-order valence-electron chi connectivity index (χ3n) is 9.69. The van der Waals surface area contributed by atoms with Gasteiger partial charge in [0, 0.05) is 50.5 Å². The number of aromatic nitrogens is 2. The van der Waals surface area contributed by atoms with Crippen molar-refractivity contribution in [1.29, 1.82) is 0 Å². The fourth-order valence-electron chi connectivity index (χ4n) is 6.73. The van der Waals surface area contributed by atoms with Crippen LogP contribution in [0.25, 0.3) is 0 Å². The minimum atomic E-state index is -3.57. The molecule has 1 heterocycles. The number of hydrogen-bond donors (Lipinski definition) is 7. The highest BCUT2D eigenvalue weighted by Gasteiger charge is 2.33. The van der Waals surface area contributed by atoms with Crippen molar-refractivity contribution in [2.45, 2.75) is 134 Å². The summed E-state index contributed by atoms with van der Waals surface area (Å²) < 4.78 is 31.3. The molecule has 3 rings (SSSR count). The van der Waals surface area contributed by atoms with Crippen LogP contribution in [-0.4, -0.2) is 102 Å². The monoisotopic (exact) mass is 776 g/mol. The molecule has 15 nitrogen and oxygen atoms in total. The van der Waals surface area contributed by atoms with Crippen molar-refractivity contribution in [3.05, 3.63) is 54.1 Å². The number of imidazole rings is 1. The van der Waals surface area contributed by atoms with Gasteiger partial charge in [0.25, 0.3) is 0 Å². The zero-order chi connectivity index (χ0) is 39.3. The van der Waals surface area contributed by atoms with Crippen LogP contribution < -0.4 is 20.7 Å². The summed E-state index contributed by atoms with van der Waals surface area (Å²) in [5.41, 5.74) is 1.38. The Labute approximate surface area is 319 Å². The molecule has 54 heavy (non-hydrogen) atoms. The molecule has 1 fully saturated rings. The van der Waals surface area contributed by atoms with E-state index < -0.39 is 52.2 Å². The van der Waals surface area contributed by atoms with Crippen molar-refractivity contribution < 1.29 is 42.5 Å². The van der Waals surface area contributed by atoms with E-state index in [2.05, 4.69) is 35.4 Å². The number of carbonyl (C=O) groups is 4. The molecule has 2 aromatic rings. The van der Waals surface area contributed by atoms with Crippen LogP contribution in [0.15, 0.2) is 42.9 Å². The number of esters is 1. The van der Waals surface area contributed by atoms with Crippen molar-refractivity contribution in [2.75, 3.05) is 19.4 Å². The molecule has 1 aromatic heterocycles. The largest absolute Gasteiger partial charge is 0.469 e. The highest BCUT2D eigenvalue weighted by molar-refractivity contribution is 7.89. The van der Waals surface area contributed by atoms with Gasteiger partial charge in [-0.25, -0.2) is 18.1 Å². The van der Waals surface area contributed by atoms with E-state index in [0.717, 1.165) is 37.7 Å². The number of amides is 3. The fraction of sp³-hybridized carbons (Fsp3) is 0.658. The number of nitrogens with zero attached hydrogens (tertiary/aromatic N) is 1. The molecule has 0 unspecified atom stereocenters. The van der Waals surface area contributed by atoms with Crippen LogP contribution in [0.4, 0.5) is 0 Å². The van der Waals surface area contributed by atoms with Crippen LogP contribution in [0.1, 0.15) is 102 Å². The Balaban J connectivity index is 1.76. The SMILES string of the molecule is CCCS(=O)(=O)NC[C@@H](O)C[C@H](O)[C@H](CC1CCCCC1)NC(=O)[C@H](Cc1cnc[nH]1)NC(=O)[C@H](Cc1ccccc1)NC(=O)CCCCCC(=O)OC. The highest BCUT2D eigenvalue weighted by atomic mass is 32.2. The van der Waals surface area contributed by atoms with E-state index in [1.54, 1.807) is 13.1 Å². The van der Waals surface area contributed by atoms with Crippen LogP contribution in [0.2, 0.25) is 0 Å². The zero-order valence-electron chi connectivity index (χ0n) is 31.6. The lowest BCUT2D eigenvalue weighted by Crippen LogP contribution is -2.57. The van der Waals surface area contributed by atoms with Gasteiger partial charge in [-0.3, -0.25) is 19.2 Å². The molecule has 0 aliphatic heterocycles. The number of rotatable bonds is 25. The number of unbranched alkanes of at least 4 members (excludes halogenated alkanes) is 2. The van der Waals surface area contributed by atoms with E-state index in [9.17, 15) is 37.8 Å². The predicted octanol–water partition coefficient (Wildman–Crippen LogP) is 2.18. The van der Waals surface area contributed by atoms with Crippen LogP contribution >= 0.6 is 0 Å². The Hall–Kier alpha value is -3.86. The average molecular weight is 777 g/mol. The van der Waals surface area contributed by atoms with Crippen LogP contribution in [-0.2, 0) is 46.8 Å². The maximum Gasteiger partial charge on any atom is 0.305 e. The molecule has 0 bridgehead atoms. The van der Waals surface area contributed by atoms with Gasteiger partial charge in [0.2, 0.25) is 27.7 Å². The third-order valence-corrected chi connectivity index (χ3v) is 11.2. The topological polar surface area (TPSA) is 229 Å². The number of methoxy groups -OCH3 is 1. The molecule has 1 aliphatic carbocycles. The second-order valence-corrected chi connectivity index (χ2v) is 16.2. The molecule has 1 saturated carbocycles. The summed E-state index contributed by atoms with van der Waals surface area (Å²) in [6, 6.07) is 6.26. The summed E-state index contributed by atoms with van der Waals surface area (Å²) in [6.45, 7) is 1.46. The predicted molar refractivity (Wildman–Crippen MR) is 203 cm³/mol. The Kier molecular flexibility index (Phi) is 19.6. The molecule has 7 N–H and O–H groups in total. The summed E-state index contributed by atoms with van der Waals surface area (Å²) in [5, 5.41) is 30.7.